The molecule has 0 bridgehead atoms. The van der Waals surface area contributed by atoms with E-state index in [0.717, 1.165) is 11.3 Å². The quantitative estimate of drug-likeness (QED) is 0.615. The Bertz CT molecular complexity index is 1020. The molecule has 1 fully saturated rings. The van der Waals surface area contributed by atoms with Crippen LogP contribution in [0.5, 0.6) is 17.2 Å². The smallest absolute Gasteiger partial charge is 0.243 e. The van der Waals surface area contributed by atoms with Gasteiger partial charge in [0.2, 0.25) is 15.9 Å². The molecule has 8 nitrogen and oxygen atoms in total. The lowest BCUT2D eigenvalue weighted by Crippen LogP contribution is -2.50. The molecule has 1 amide bonds. The molecule has 0 radical (unpaired) electrons. The van der Waals surface area contributed by atoms with Crippen molar-refractivity contribution in [2.75, 3.05) is 47.5 Å². The van der Waals surface area contributed by atoms with Crippen molar-refractivity contribution in [2.24, 2.45) is 0 Å². The van der Waals surface area contributed by atoms with E-state index in [1.165, 1.54) is 30.7 Å². The molecular formula is C22H28N2O6S. The van der Waals surface area contributed by atoms with Crippen LogP contribution in [0.3, 0.4) is 0 Å². The zero-order chi connectivity index (χ0) is 22.4. The van der Waals surface area contributed by atoms with E-state index in [1.54, 1.807) is 18.1 Å². The fourth-order valence-electron chi connectivity index (χ4n) is 3.54. The molecule has 2 aromatic carbocycles. The van der Waals surface area contributed by atoms with E-state index in [0.29, 0.717) is 37.4 Å². The van der Waals surface area contributed by atoms with E-state index in [2.05, 4.69) is 0 Å². The van der Waals surface area contributed by atoms with Crippen molar-refractivity contribution >= 4 is 15.9 Å². The fraction of sp³-hybridized carbons (Fsp3) is 0.409. The number of piperazine rings is 1. The highest BCUT2D eigenvalue weighted by atomic mass is 32.2. The van der Waals surface area contributed by atoms with E-state index >= 15 is 0 Å². The second-order valence-corrected chi connectivity index (χ2v) is 9.09. The molecule has 0 N–H and O–H groups in total. The number of amides is 1. The van der Waals surface area contributed by atoms with Crippen molar-refractivity contribution in [1.82, 2.24) is 9.21 Å². The lowest BCUT2D eigenvalue weighted by Gasteiger charge is -2.34. The molecule has 0 aromatic heterocycles. The maximum atomic E-state index is 13.0. The summed E-state index contributed by atoms with van der Waals surface area (Å²) in [5.74, 6) is 1.60. The van der Waals surface area contributed by atoms with Crippen molar-refractivity contribution in [2.45, 2.75) is 17.7 Å². The van der Waals surface area contributed by atoms with Gasteiger partial charge in [0.05, 0.1) is 26.2 Å². The third-order valence-electron chi connectivity index (χ3n) is 5.35. The van der Waals surface area contributed by atoms with Crippen LogP contribution in [0.25, 0.3) is 0 Å². The van der Waals surface area contributed by atoms with E-state index < -0.39 is 10.0 Å². The average molecular weight is 449 g/mol. The van der Waals surface area contributed by atoms with E-state index in [-0.39, 0.29) is 23.9 Å². The number of benzene rings is 2. The molecule has 1 aliphatic heterocycles. The zero-order valence-corrected chi connectivity index (χ0v) is 18.9. The molecule has 2 aromatic rings. The predicted octanol–water partition coefficient (Wildman–Crippen LogP) is 2.18. The van der Waals surface area contributed by atoms with Gasteiger partial charge in [-0.2, -0.15) is 4.31 Å². The van der Waals surface area contributed by atoms with Crippen molar-refractivity contribution in [3.8, 4) is 17.2 Å². The average Bonchev–Trinajstić information content (AvgIpc) is 2.82. The highest BCUT2D eigenvalue weighted by molar-refractivity contribution is 7.89. The Kier molecular flexibility index (Phi) is 7.40. The van der Waals surface area contributed by atoms with Crippen molar-refractivity contribution in [1.29, 1.82) is 0 Å². The summed E-state index contributed by atoms with van der Waals surface area (Å²) in [6.45, 7) is 1.23. The Morgan fingerprint density at radius 3 is 2.26 bits per heavy atom. The minimum Gasteiger partial charge on any atom is -0.497 e. The van der Waals surface area contributed by atoms with Crippen LogP contribution in [-0.2, 0) is 21.2 Å². The molecule has 1 aliphatic rings. The first-order valence-electron chi connectivity index (χ1n) is 10.0. The summed E-state index contributed by atoms with van der Waals surface area (Å²) in [6, 6.07) is 12.2. The van der Waals surface area contributed by atoms with Gasteiger partial charge in [-0.15, -0.1) is 0 Å². The first kappa shape index (κ1) is 22.9. The SMILES string of the molecule is COc1cccc(CCC(=O)N2CCN(S(=O)(=O)c3ccc(OC)c(OC)c3)CC2)c1. The molecule has 1 heterocycles. The first-order chi connectivity index (χ1) is 14.9. The molecule has 168 valence electrons. The number of methoxy groups -OCH3 is 3. The number of hydrogen-bond donors (Lipinski definition) is 0. The van der Waals surface area contributed by atoms with Gasteiger partial charge in [0.1, 0.15) is 5.75 Å². The van der Waals surface area contributed by atoms with Crippen LogP contribution >= 0.6 is 0 Å². The van der Waals surface area contributed by atoms with Gasteiger partial charge in [-0.05, 0) is 36.2 Å². The second kappa shape index (κ2) is 10.0. The molecule has 9 heteroatoms. The van der Waals surface area contributed by atoms with Crippen LogP contribution in [0.2, 0.25) is 0 Å². The van der Waals surface area contributed by atoms with Crippen LogP contribution in [-0.4, -0.2) is 71.0 Å². The van der Waals surface area contributed by atoms with Gasteiger partial charge in [0.15, 0.2) is 11.5 Å². The molecule has 0 unspecified atom stereocenters. The van der Waals surface area contributed by atoms with Gasteiger partial charge in [-0.25, -0.2) is 8.42 Å². The van der Waals surface area contributed by atoms with Gasteiger partial charge in [-0.3, -0.25) is 4.79 Å². The molecule has 31 heavy (non-hydrogen) atoms. The lowest BCUT2D eigenvalue weighted by molar-refractivity contribution is -0.132. The van der Waals surface area contributed by atoms with Crippen LogP contribution in [0.15, 0.2) is 47.4 Å². The summed E-state index contributed by atoms with van der Waals surface area (Å²) in [5, 5.41) is 0. The van der Waals surface area contributed by atoms with Crippen LogP contribution in [0.1, 0.15) is 12.0 Å². The Balaban J connectivity index is 1.58. The number of aryl methyl sites for hydroxylation is 1. The van der Waals surface area contributed by atoms with E-state index in [9.17, 15) is 13.2 Å². The Labute approximate surface area is 183 Å². The normalized spacial score (nSPS) is 14.9. The van der Waals surface area contributed by atoms with E-state index in [4.69, 9.17) is 14.2 Å². The Morgan fingerprint density at radius 2 is 1.61 bits per heavy atom. The van der Waals surface area contributed by atoms with Crippen LogP contribution in [0.4, 0.5) is 0 Å². The lowest BCUT2D eigenvalue weighted by atomic mass is 10.1. The fourth-order valence-corrected chi connectivity index (χ4v) is 4.98. The predicted molar refractivity (Wildman–Crippen MR) is 116 cm³/mol. The molecule has 3 rings (SSSR count). The number of sulfonamides is 1. The largest absolute Gasteiger partial charge is 0.497 e. The Hall–Kier alpha value is -2.78. The van der Waals surface area contributed by atoms with Gasteiger partial charge < -0.3 is 19.1 Å². The number of carbonyl (C=O) groups is 1. The minimum atomic E-state index is -3.69. The highest BCUT2D eigenvalue weighted by Gasteiger charge is 2.30. The Morgan fingerprint density at radius 1 is 0.903 bits per heavy atom. The maximum absolute atomic E-state index is 13.0. The van der Waals surface area contributed by atoms with Crippen LogP contribution in [0, 0.1) is 0 Å². The topological polar surface area (TPSA) is 85.4 Å². The third-order valence-corrected chi connectivity index (χ3v) is 7.24. The third kappa shape index (κ3) is 5.29. The van der Waals surface area contributed by atoms with Gasteiger partial charge >= 0.3 is 0 Å². The van der Waals surface area contributed by atoms with Crippen molar-refractivity contribution in [3.05, 3.63) is 48.0 Å². The summed E-state index contributed by atoms with van der Waals surface area (Å²) in [7, 11) is 0.884. The summed E-state index contributed by atoms with van der Waals surface area (Å²) in [5.41, 5.74) is 1.03. The molecule has 0 atom stereocenters. The number of carbonyl (C=O) groups excluding carboxylic acids is 1. The highest BCUT2D eigenvalue weighted by Crippen LogP contribution is 2.31. The number of ether oxygens (including phenoxy) is 3. The zero-order valence-electron chi connectivity index (χ0n) is 18.0. The number of nitrogens with zero attached hydrogens (tertiary/aromatic N) is 2. The maximum Gasteiger partial charge on any atom is 0.243 e. The van der Waals surface area contributed by atoms with Crippen LogP contribution < -0.4 is 14.2 Å². The molecule has 0 saturated carbocycles. The standard InChI is InChI=1S/C22H28N2O6S/c1-28-18-6-4-5-17(15-18)7-10-22(25)23-11-13-24(14-12-23)31(26,27)19-8-9-20(29-2)21(16-19)30-3/h4-6,8-9,15-16H,7,10-14H2,1-3H3. The van der Waals surface area contributed by atoms with Gasteiger partial charge in [0.25, 0.3) is 0 Å². The number of rotatable bonds is 8. The summed E-state index contributed by atoms with van der Waals surface area (Å²) in [6.07, 6.45) is 0.982. The summed E-state index contributed by atoms with van der Waals surface area (Å²) < 4.78 is 43.0. The molecule has 1 saturated heterocycles. The van der Waals surface area contributed by atoms with E-state index in [1.807, 2.05) is 24.3 Å². The van der Waals surface area contributed by atoms with Gasteiger partial charge in [-0.1, -0.05) is 12.1 Å². The molecular weight excluding hydrogens is 420 g/mol. The minimum absolute atomic E-state index is 0.0194. The first-order valence-corrected chi connectivity index (χ1v) is 11.5. The van der Waals surface area contributed by atoms with Crippen molar-refractivity contribution < 1.29 is 27.4 Å². The number of hydrogen-bond acceptors (Lipinski definition) is 6. The summed E-state index contributed by atoms with van der Waals surface area (Å²) in [4.78, 5) is 14.5. The molecule has 0 aliphatic carbocycles. The molecule has 0 spiro atoms. The van der Waals surface area contributed by atoms with Crippen molar-refractivity contribution in [3.63, 3.8) is 0 Å². The monoisotopic (exact) mass is 448 g/mol. The summed E-state index contributed by atoms with van der Waals surface area (Å²) >= 11 is 0. The van der Waals surface area contributed by atoms with Gasteiger partial charge in [0, 0.05) is 38.7 Å². The second-order valence-electron chi connectivity index (χ2n) is 7.15.